The van der Waals surface area contributed by atoms with Gasteiger partial charge in [0.25, 0.3) is 0 Å². The summed E-state index contributed by atoms with van der Waals surface area (Å²) in [5, 5.41) is 0.359. The van der Waals surface area contributed by atoms with Crippen LogP contribution in [0.5, 0.6) is 0 Å². The molecule has 1 N–H and O–H groups in total. The number of benzene rings is 1. The highest BCUT2D eigenvalue weighted by Crippen LogP contribution is 2.25. The van der Waals surface area contributed by atoms with Crippen LogP contribution >= 0.6 is 23.8 Å². The minimum atomic E-state index is -0.370. The van der Waals surface area contributed by atoms with Gasteiger partial charge in [-0.25, -0.2) is 9.37 Å². The van der Waals surface area contributed by atoms with Gasteiger partial charge in [-0.15, -0.1) is 0 Å². The van der Waals surface area contributed by atoms with Gasteiger partial charge in [-0.3, -0.25) is 0 Å². The zero-order valence-electron chi connectivity index (χ0n) is 9.13. The minimum absolute atomic E-state index is 0.359. The van der Waals surface area contributed by atoms with E-state index < -0.39 is 0 Å². The summed E-state index contributed by atoms with van der Waals surface area (Å²) in [6.45, 7) is 1.98. The summed E-state index contributed by atoms with van der Waals surface area (Å²) in [5.74, 6) is -0.370. The van der Waals surface area contributed by atoms with Crippen molar-refractivity contribution in [3.8, 4) is 11.3 Å². The van der Waals surface area contributed by atoms with Gasteiger partial charge in [-0.1, -0.05) is 30.7 Å². The highest BCUT2D eigenvalue weighted by molar-refractivity contribution is 7.71. The first-order valence-corrected chi connectivity index (χ1v) is 5.93. The largest absolute Gasteiger partial charge is 0.346 e. The summed E-state index contributed by atoms with van der Waals surface area (Å²) in [7, 11) is 0. The van der Waals surface area contributed by atoms with E-state index >= 15 is 0 Å². The average Bonchev–Trinajstić information content (AvgIpc) is 2.27. The molecule has 17 heavy (non-hydrogen) atoms. The van der Waals surface area contributed by atoms with E-state index in [1.54, 1.807) is 6.07 Å². The number of halogens is 2. The maximum absolute atomic E-state index is 13.3. The first-order valence-electron chi connectivity index (χ1n) is 5.15. The first kappa shape index (κ1) is 12.2. The van der Waals surface area contributed by atoms with E-state index in [-0.39, 0.29) is 5.82 Å². The normalized spacial score (nSPS) is 10.5. The number of H-pyrrole nitrogens is 1. The molecule has 0 aliphatic carbocycles. The first-order chi connectivity index (χ1) is 8.11. The summed E-state index contributed by atoms with van der Waals surface area (Å²) in [5.41, 5.74) is 2.35. The highest BCUT2D eigenvalue weighted by atomic mass is 35.5. The van der Waals surface area contributed by atoms with Gasteiger partial charge in [0, 0.05) is 16.1 Å². The van der Waals surface area contributed by atoms with Gasteiger partial charge in [0.1, 0.15) is 10.5 Å². The standard InChI is InChI=1S/C12H10ClFN2S/c1-2-10-11(15-6-16-12(10)17)7-3-8(13)5-9(14)4-7/h3-6H,2H2,1H3,(H,15,16,17). The number of hydrogen-bond acceptors (Lipinski definition) is 2. The molecule has 0 saturated heterocycles. The lowest BCUT2D eigenvalue weighted by molar-refractivity contribution is 0.628. The number of nitrogens with zero attached hydrogens (tertiary/aromatic N) is 1. The van der Waals surface area contributed by atoms with Crippen molar-refractivity contribution in [1.82, 2.24) is 9.97 Å². The molecule has 0 spiro atoms. The summed E-state index contributed by atoms with van der Waals surface area (Å²) in [4.78, 5) is 7.01. The van der Waals surface area contributed by atoms with Crippen molar-refractivity contribution in [2.75, 3.05) is 0 Å². The maximum atomic E-state index is 13.3. The maximum Gasteiger partial charge on any atom is 0.133 e. The van der Waals surface area contributed by atoms with Crippen molar-refractivity contribution >= 4 is 23.8 Å². The van der Waals surface area contributed by atoms with Crippen molar-refractivity contribution in [1.29, 1.82) is 0 Å². The number of nitrogens with one attached hydrogen (secondary N) is 1. The predicted molar refractivity (Wildman–Crippen MR) is 69.2 cm³/mol. The second kappa shape index (κ2) is 4.94. The van der Waals surface area contributed by atoms with E-state index in [2.05, 4.69) is 9.97 Å². The fourth-order valence-electron chi connectivity index (χ4n) is 1.71. The molecule has 1 heterocycles. The molecular weight excluding hydrogens is 259 g/mol. The van der Waals surface area contributed by atoms with Gasteiger partial charge in [0.15, 0.2) is 0 Å². The molecule has 2 aromatic rings. The van der Waals surface area contributed by atoms with Gasteiger partial charge >= 0.3 is 0 Å². The third-order valence-corrected chi connectivity index (χ3v) is 3.03. The molecule has 2 rings (SSSR count). The van der Waals surface area contributed by atoms with Crippen LogP contribution in [0, 0.1) is 10.5 Å². The van der Waals surface area contributed by atoms with E-state index in [9.17, 15) is 4.39 Å². The molecule has 0 aliphatic rings. The molecule has 1 aromatic heterocycles. The van der Waals surface area contributed by atoms with Crippen molar-refractivity contribution in [3.05, 3.63) is 45.6 Å². The van der Waals surface area contributed by atoms with Crippen LogP contribution in [0.1, 0.15) is 12.5 Å². The molecule has 0 fully saturated rings. The van der Waals surface area contributed by atoms with Gasteiger partial charge in [0.05, 0.1) is 12.0 Å². The predicted octanol–water partition coefficient (Wildman–Crippen LogP) is 4.16. The number of aromatic amines is 1. The van der Waals surface area contributed by atoms with Gasteiger partial charge < -0.3 is 4.98 Å². The second-order valence-corrected chi connectivity index (χ2v) is 4.40. The Labute approximate surface area is 108 Å². The molecule has 0 radical (unpaired) electrons. The smallest absolute Gasteiger partial charge is 0.133 e. The molecule has 0 atom stereocenters. The number of hydrogen-bond donors (Lipinski definition) is 1. The molecule has 0 aliphatic heterocycles. The summed E-state index contributed by atoms with van der Waals surface area (Å²) < 4.78 is 13.8. The Bertz CT molecular complexity index is 589. The molecule has 88 valence electrons. The molecule has 2 nitrogen and oxygen atoms in total. The van der Waals surface area contributed by atoms with Gasteiger partial charge in [0.2, 0.25) is 0 Å². The Kier molecular flexibility index (Phi) is 3.54. The van der Waals surface area contributed by atoms with Crippen molar-refractivity contribution < 1.29 is 4.39 Å². The molecule has 0 amide bonds. The zero-order chi connectivity index (χ0) is 12.4. The van der Waals surface area contributed by atoms with Crippen molar-refractivity contribution in [2.24, 2.45) is 0 Å². The summed E-state index contributed by atoms with van der Waals surface area (Å²) in [6, 6.07) is 4.39. The molecule has 0 unspecified atom stereocenters. The van der Waals surface area contributed by atoms with Crippen LogP contribution in [0.25, 0.3) is 11.3 Å². The molecule has 0 saturated carbocycles. The molecule has 0 bridgehead atoms. The lowest BCUT2D eigenvalue weighted by Crippen LogP contribution is -1.95. The van der Waals surface area contributed by atoms with Crippen LogP contribution in [-0.2, 0) is 6.42 Å². The Morgan fingerprint density at radius 1 is 1.41 bits per heavy atom. The van der Waals surface area contributed by atoms with E-state index in [4.69, 9.17) is 23.8 Å². The van der Waals surface area contributed by atoms with Crippen LogP contribution in [-0.4, -0.2) is 9.97 Å². The monoisotopic (exact) mass is 268 g/mol. The minimum Gasteiger partial charge on any atom is -0.346 e. The Morgan fingerprint density at radius 2 is 2.18 bits per heavy atom. The zero-order valence-corrected chi connectivity index (χ0v) is 10.7. The van der Waals surface area contributed by atoms with Crippen molar-refractivity contribution in [3.63, 3.8) is 0 Å². The molecular formula is C12H10ClFN2S. The quantitative estimate of drug-likeness (QED) is 0.829. The summed E-state index contributed by atoms with van der Waals surface area (Å²) in [6.07, 6.45) is 2.24. The van der Waals surface area contributed by atoms with Crippen LogP contribution in [0.4, 0.5) is 4.39 Å². The van der Waals surface area contributed by atoms with E-state index in [0.717, 1.165) is 17.7 Å². The fraction of sp³-hybridized carbons (Fsp3) is 0.167. The van der Waals surface area contributed by atoms with Gasteiger partial charge in [-0.05, 0) is 24.6 Å². The summed E-state index contributed by atoms with van der Waals surface area (Å²) >= 11 is 11.0. The SMILES string of the molecule is CCc1c(-c2cc(F)cc(Cl)c2)[nH]cnc1=S. The fourth-order valence-corrected chi connectivity index (χ4v) is 2.23. The Balaban J connectivity index is 2.68. The average molecular weight is 269 g/mol. The topological polar surface area (TPSA) is 28.7 Å². The van der Waals surface area contributed by atoms with Crippen LogP contribution in [0.3, 0.4) is 0 Å². The third-order valence-electron chi connectivity index (χ3n) is 2.46. The van der Waals surface area contributed by atoms with E-state index in [0.29, 0.717) is 15.2 Å². The lowest BCUT2D eigenvalue weighted by atomic mass is 10.1. The van der Waals surface area contributed by atoms with E-state index in [1.807, 2.05) is 6.92 Å². The van der Waals surface area contributed by atoms with Crippen molar-refractivity contribution in [2.45, 2.75) is 13.3 Å². The third kappa shape index (κ3) is 2.53. The van der Waals surface area contributed by atoms with Gasteiger partial charge in [-0.2, -0.15) is 0 Å². The van der Waals surface area contributed by atoms with Crippen LogP contribution < -0.4 is 0 Å². The van der Waals surface area contributed by atoms with Crippen LogP contribution in [0.15, 0.2) is 24.5 Å². The van der Waals surface area contributed by atoms with E-state index in [1.165, 1.54) is 18.5 Å². The molecule has 5 heteroatoms. The Hall–Kier alpha value is -1.26. The number of rotatable bonds is 2. The lowest BCUT2D eigenvalue weighted by Gasteiger charge is -2.08. The Morgan fingerprint density at radius 3 is 2.82 bits per heavy atom. The number of aromatic nitrogens is 2. The highest BCUT2D eigenvalue weighted by Gasteiger charge is 2.08. The van der Waals surface area contributed by atoms with Crippen LogP contribution in [0.2, 0.25) is 5.02 Å². The second-order valence-electron chi connectivity index (χ2n) is 3.57. The molecule has 1 aromatic carbocycles.